The first-order valence-corrected chi connectivity index (χ1v) is 9.90. The number of nitrogens with zero attached hydrogens (tertiary/aromatic N) is 6. The van der Waals surface area contributed by atoms with Crippen molar-refractivity contribution in [2.45, 2.75) is 33.4 Å². The Labute approximate surface area is 177 Å². The number of carbonyl (C=O) groups is 2. The number of benzene rings is 1. The Balaban J connectivity index is 1.92. The fourth-order valence-corrected chi connectivity index (χ4v) is 4.04. The highest BCUT2D eigenvalue weighted by Crippen LogP contribution is 2.26. The molecule has 156 valence electrons. The van der Waals surface area contributed by atoms with Crippen LogP contribution in [0.4, 0.5) is 9.18 Å². The van der Waals surface area contributed by atoms with E-state index < -0.39 is 23.8 Å². The lowest BCUT2D eigenvalue weighted by atomic mass is 10.1. The van der Waals surface area contributed by atoms with Gasteiger partial charge in [-0.1, -0.05) is 22.7 Å². The first-order chi connectivity index (χ1) is 14.2. The summed E-state index contributed by atoms with van der Waals surface area (Å²) in [5, 5.41) is 4.72. The van der Waals surface area contributed by atoms with Crippen LogP contribution in [-0.4, -0.2) is 67.5 Å². The molecule has 0 saturated carbocycles. The van der Waals surface area contributed by atoms with E-state index in [1.54, 1.807) is 29.3 Å². The van der Waals surface area contributed by atoms with Crippen molar-refractivity contribution in [1.29, 1.82) is 0 Å². The first-order valence-electron chi connectivity index (χ1n) is 9.52. The van der Waals surface area contributed by atoms with Gasteiger partial charge in [0.2, 0.25) is 11.9 Å². The van der Waals surface area contributed by atoms with E-state index in [4.69, 9.17) is 11.6 Å². The normalized spacial score (nSPS) is 19.0. The van der Waals surface area contributed by atoms with Crippen LogP contribution in [0, 0.1) is 19.7 Å². The van der Waals surface area contributed by atoms with Crippen molar-refractivity contribution < 1.29 is 18.6 Å². The van der Waals surface area contributed by atoms with Crippen LogP contribution in [-0.2, 0) is 11.3 Å². The van der Waals surface area contributed by atoms with E-state index in [0.717, 1.165) is 16.3 Å². The van der Waals surface area contributed by atoms with Gasteiger partial charge in [0.1, 0.15) is 11.5 Å². The van der Waals surface area contributed by atoms with Crippen LogP contribution < -0.4 is 0 Å². The van der Waals surface area contributed by atoms with E-state index >= 15 is 0 Å². The summed E-state index contributed by atoms with van der Waals surface area (Å²) >= 11 is 6.26. The maximum Gasteiger partial charge on any atom is 0.421 e. The molecule has 10 heteroatoms. The van der Waals surface area contributed by atoms with Gasteiger partial charge in [-0.15, -0.1) is 9.78 Å². The largest absolute Gasteiger partial charge is 0.421 e. The predicted octanol–water partition coefficient (Wildman–Crippen LogP) is 2.40. The minimum Gasteiger partial charge on any atom is -0.270 e. The van der Waals surface area contributed by atoms with Gasteiger partial charge < -0.3 is 0 Å². The Hall–Kier alpha value is -3.07. The number of amides is 3. The lowest BCUT2D eigenvalue weighted by Crippen LogP contribution is -2.62. The van der Waals surface area contributed by atoms with Crippen LogP contribution in [0.2, 0.25) is 5.02 Å². The molecule has 2 aromatic rings. The van der Waals surface area contributed by atoms with Gasteiger partial charge in [-0.3, -0.25) is 14.6 Å². The van der Waals surface area contributed by atoms with Crippen molar-refractivity contribution in [3.05, 3.63) is 52.1 Å². The molecule has 1 saturated heterocycles. The molecule has 1 aromatic carbocycles. The number of aliphatic imine (C=N–C) groups is 1. The molecule has 3 heterocycles. The molecule has 8 nitrogen and oxygen atoms in total. The third kappa shape index (κ3) is 3.00. The van der Waals surface area contributed by atoms with Crippen molar-refractivity contribution in [1.82, 2.24) is 19.6 Å². The molecule has 0 radical (unpaired) electrons. The van der Waals surface area contributed by atoms with Gasteiger partial charge in [0, 0.05) is 24.2 Å². The smallest absolute Gasteiger partial charge is 0.270 e. The topological polar surface area (TPSA) is 73.8 Å². The van der Waals surface area contributed by atoms with Crippen molar-refractivity contribution >= 4 is 35.3 Å². The van der Waals surface area contributed by atoms with E-state index in [-0.39, 0.29) is 29.5 Å². The molecule has 1 atom stereocenters. The van der Waals surface area contributed by atoms with E-state index in [9.17, 15) is 14.0 Å². The number of imide groups is 1. The van der Waals surface area contributed by atoms with Crippen molar-refractivity contribution in [3.63, 3.8) is 0 Å². The third-order valence-corrected chi connectivity index (χ3v) is 5.65. The van der Waals surface area contributed by atoms with Gasteiger partial charge in [-0.2, -0.15) is 0 Å². The zero-order valence-electron chi connectivity index (χ0n) is 17.1. The molecule has 0 aliphatic carbocycles. The van der Waals surface area contributed by atoms with Crippen LogP contribution in [0.25, 0.3) is 0 Å². The number of rotatable bonds is 3. The standard InChI is InChI=1S/C20H21ClFN6O2/c1-5-26-18(29)16-17(25(4)20(26)30)23-19(28-12(3)9-11(2)24-28)27(16)10-13-14(21)7-6-8-15(13)22/h6-9,16H,5,10H2,1-4H3/q+1. The highest BCUT2D eigenvalue weighted by molar-refractivity contribution is 6.31. The Morgan fingerprint density at radius 1 is 1.27 bits per heavy atom. The SMILES string of the molecule is CCN1C(=O)C2C(=NC(n3nc(C)cc3C)=[N+]2Cc2c(F)cccc2Cl)N(C)C1=O. The highest BCUT2D eigenvalue weighted by Gasteiger charge is 2.53. The summed E-state index contributed by atoms with van der Waals surface area (Å²) in [6.45, 7) is 5.64. The summed E-state index contributed by atoms with van der Waals surface area (Å²) in [5.74, 6) is -0.275. The number of hydrogen-bond donors (Lipinski definition) is 0. The Morgan fingerprint density at radius 2 is 2.00 bits per heavy atom. The second-order valence-electron chi connectivity index (χ2n) is 7.26. The number of likely N-dealkylation sites (N-methyl/N-ethyl adjacent to an activating group) is 2. The Kier molecular flexibility index (Phi) is 4.93. The Bertz CT molecular complexity index is 1120. The van der Waals surface area contributed by atoms with E-state index in [2.05, 4.69) is 10.1 Å². The molecule has 2 aliphatic rings. The molecule has 3 amide bonds. The molecular weight excluding hydrogens is 411 g/mol. The molecule has 1 unspecified atom stereocenters. The summed E-state index contributed by atoms with van der Waals surface area (Å²) < 4.78 is 17.8. The minimum absolute atomic E-state index is 0.0117. The molecule has 0 spiro atoms. The van der Waals surface area contributed by atoms with Crippen LogP contribution in [0.3, 0.4) is 0 Å². The van der Waals surface area contributed by atoms with Crippen LogP contribution >= 0.6 is 11.6 Å². The quantitative estimate of drug-likeness (QED) is 0.700. The number of aryl methyl sites for hydroxylation is 2. The second-order valence-corrected chi connectivity index (χ2v) is 7.67. The fourth-order valence-electron chi connectivity index (χ4n) is 3.81. The molecule has 1 fully saturated rings. The van der Waals surface area contributed by atoms with Gasteiger partial charge in [0.05, 0.1) is 12.2 Å². The number of hydrogen-bond acceptors (Lipinski definition) is 4. The average Bonchev–Trinajstić information content (AvgIpc) is 3.23. The lowest BCUT2D eigenvalue weighted by Gasteiger charge is -2.33. The second kappa shape index (κ2) is 7.32. The van der Waals surface area contributed by atoms with E-state index in [1.165, 1.54) is 17.0 Å². The molecular formula is C20H21ClFN6O2+. The predicted molar refractivity (Wildman–Crippen MR) is 109 cm³/mol. The van der Waals surface area contributed by atoms with E-state index in [0.29, 0.717) is 5.96 Å². The molecule has 2 aliphatic heterocycles. The van der Waals surface area contributed by atoms with Gasteiger partial charge in [0.25, 0.3) is 5.91 Å². The van der Waals surface area contributed by atoms with Gasteiger partial charge in [-0.05, 0) is 39.0 Å². The summed E-state index contributed by atoms with van der Waals surface area (Å²) in [6.07, 6.45) is 0. The van der Waals surface area contributed by atoms with Gasteiger partial charge >= 0.3 is 12.0 Å². The maximum absolute atomic E-state index is 14.6. The number of fused-ring (bicyclic) bond motifs is 1. The third-order valence-electron chi connectivity index (χ3n) is 5.29. The van der Waals surface area contributed by atoms with Crippen LogP contribution in [0.1, 0.15) is 23.9 Å². The molecule has 4 rings (SSSR count). The molecule has 30 heavy (non-hydrogen) atoms. The Morgan fingerprint density at radius 3 is 2.60 bits per heavy atom. The zero-order chi connectivity index (χ0) is 21.7. The van der Waals surface area contributed by atoms with Crippen molar-refractivity contribution in [2.24, 2.45) is 4.99 Å². The van der Waals surface area contributed by atoms with Gasteiger partial charge in [0.15, 0.2) is 0 Å². The number of urea groups is 1. The van der Waals surface area contributed by atoms with Crippen molar-refractivity contribution in [3.8, 4) is 0 Å². The molecule has 0 bridgehead atoms. The maximum atomic E-state index is 14.6. The van der Waals surface area contributed by atoms with Gasteiger partial charge in [-0.25, -0.2) is 13.8 Å². The summed E-state index contributed by atoms with van der Waals surface area (Å²) in [5.41, 5.74) is 1.80. The zero-order valence-corrected chi connectivity index (χ0v) is 17.8. The lowest BCUT2D eigenvalue weighted by molar-refractivity contribution is -0.553. The number of amidine groups is 1. The summed E-state index contributed by atoms with van der Waals surface area (Å²) in [7, 11) is 1.57. The average molecular weight is 432 g/mol. The fraction of sp³-hybridized carbons (Fsp3) is 0.350. The van der Waals surface area contributed by atoms with E-state index in [1.807, 2.05) is 19.9 Å². The molecule has 1 aromatic heterocycles. The van der Waals surface area contributed by atoms with Crippen LogP contribution in [0.5, 0.6) is 0 Å². The highest BCUT2D eigenvalue weighted by atomic mass is 35.5. The molecule has 0 N–H and O–H groups in total. The summed E-state index contributed by atoms with van der Waals surface area (Å²) in [4.78, 5) is 32.9. The number of aromatic nitrogens is 2. The van der Waals surface area contributed by atoms with Crippen molar-refractivity contribution in [2.75, 3.05) is 13.6 Å². The monoisotopic (exact) mass is 431 g/mol. The first kappa shape index (κ1) is 20.2. The number of halogens is 2. The van der Waals surface area contributed by atoms with Crippen LogP contribution in [0.15, 0.2) is 29.3 Å². The number of carbonyl (C=O) groups excluding carboxylic acids is 2. The summed E-state index contributed by atoms with van der Waals surface area (Å²) in [6, 6.07) is 4.97. The minimum atomic E-state index is -0.887.